The quantitative estimate of drug-likeness (QED) is 0.406. The minimum atomic E-state index is 0. The van der Waals surface area contributed by atoms with Crippen LogP contribution in [-0.4, -0.2) is 23.4 Å². The lowest BCUT2D eigenvalue weighted by Crippen LogP contribution is -2.33. The molecule has 4 nitrogen and oxygen atoms in total. The van der Waals surface area contributed by atoms with E-state index in [1.807, 2.05) is 46.8 Å². The predicted octanol–water partition coefficient (Wildman–Crippen LogP) is 7.95. The highest BCUT2D eigenvalue weighted by molar-refractivity contribution is 9.10. The molecule has 0 bridgehead atoms. The van der Waals surface area contributed by atoms with E-state index in [-0.39, 0.29) is 18.8 Å². The van der Waals surface area contributed by atoms with E-state index in [0.717, 1.165) is 45.4 Å². The summed E-state index contributed by atoms with van der Waals surface area (Å²) in [6, 6.07) is 6.73. The highest BCUT2D eigenvalue weighted by Gasteiger charge is 2.24. The summed E-state index contributed by atoms with van der Waals surface area (Å²) in [6.45, 7) is 16.8. The van der Waals surface area contributed by atoms with Crippen LogP contribution in [0.3, 0.4) is 0 Å². The third-order valence-corrected chi connectivity index (χ3v) is 6.45. The number of H-pyrrole nitrogens is 1. The van der Waals surface area contributed by atoms with Gasteiger partial charge in [-0.15, -0.1) is 0 Å². The fraction of sp³-hybridized carbons (Fsp3) is 0.571. The van der Waals surface area contributed by atoms with Gasteiger partial charge >= 0.3 is 0 Å². The fourth-order valence-corrected chi connectivity index (χ4v) is 4.94. The molecule has 0 spiro atoms. The summed E-state index contributed by atoms with van der Waals surface area (Å²) in [5.74, 6) is 0.141. The number of nitrogens with one attached hydrogen (secondary N) is 1. The molecular weight excluding hydrogens is 476 g/mol. The Bertz CT molecular complexity index is 944. The number of nitrogens with zero attached hydrogens (tertiary/aromatic N) is 1. The van der Waals surface area contributed by atoms with Gasteiger partial charge in [-0.3, -0.25) is 9.59 Å². The Hall–Kier alpha value is -1.88. The molecule has 1 aliphatic rings. The lowest BCUT2D eigenvalue weighted by molar-refractivity contribution is 0.101. The molecule has 0 aliphatic heterocycles. The average Bonchev–Trinajstić information content (AvgIpc) is 3.27. The highest BCUT2D eigenvalue weighted by atomic mass is 79.9. The van der Waals surface area contributed by atoms with Gasteiger partial charge in [-0.2, -0.15) is 0 Å². The topological polar surface area (TPSA) is 53.2 Å². The predicted molar refractivity (Wildman–Crippen MR) is 148 cm³/mol. The molecule has 2 aromatic rings. The molecular formula is C28H45BrN2O2. The number of benzene rings is 1. The zero-order chi connectivity index (χ0) is 24.4. The van der Waals surface area contributed by atoms with Crippen molar-refractivity contribution in [3.05, 3.63) is 61.0 Å². The van der Waals surface area contributed by atoms with E-state index in [0.29, 0.717) is 6.04 Å². The van der Waals surface area contributed by atoms with Crippen molar-refractivity contribution >= 4 is 27.4 Å². The molecule has 1 aliphatic carbocycles. The summed E-state index contributed by atoms with van der Waals surface area (Å²) in [5.41, 5.74) is 6.15. The molecule has 1 aromatic carbocycles. The second kappa shape index (κ2) is 15.1. The molecule has 1 aromatic heterocycles. The standard InChI is InChI=1S/C16H22BrNO.C9H13NO.C2H6.CH4/c1-4-18(14-7-5-6-8-14)16-10-13(17)9-15(11(16)2)12(3)19;1-4-8-6(2)5-7(3)10-9(8)11;1-2;/h9-10,14H,4-8H2,1-3H3;5H,4H2,1-3H3,(H,10,11);1-2H3;1H4. The highest BCUT2D eigenvalue weighted by Crippen LogP contribution is 2.33. The van der Waals surface area contributed by atoms with Gasteiger partial charge in [-0.1, -0.05) is 57.0 Å². The second-order valence-electron chi connectivity index (χ2n) is 8.17. The molecule has 1 heterocycles. The van der Waals surface area contributed by atoms with Crippen LogP contribution >= 0.6 is 15.9 Å². The van der Waals surface area contributed by atoms with Gasteiger partial charge in [0.15, 0.2) is 5.78 Å². The van der Waals surface area contributed by atoms with Gasteiger partial charge in [-0.25, -0.2) is 0 Å². The van der Waals surface area contributed by atoms with Crippen molar-refractivity contribution in [3.63, 3.8) is 0 Å². The van der Waals surface area contributed by atoms with Gasteiger partial charge in [0.25, 0.3) is 5.56 Å². The number of halogens is 1. The molecule has 1 saturated carbocycles. The Morgan fingerprint density at radius 1 is 1.09 bits per heavy atom. The van der Waals surface area contributed by atoms with Crippen molar-refractivity contribution in [2.45, 2.75) is 101 Å². The van der Waals surface area contributed by atoms with Crippen LogP contribution in [0, 0.1) is 20.8 Å². The van der Waals surface area contributed by atoms with E-state index in [2.05, 4.69) is 45.7 Å². The lowest BCUT2D eigenvalue weighted by atomic mass is 10.0. The van der Waals surface area contributed by atoms with E-state index in [1.165, 1.54) is 31.4 Å². The van der Waals surface area contributed by atoms with Crippen molar-refractivity contribution in [1.29, 1.82) is 0 Å². The van der Waals surface area contributed by atoms with Gasteiger partial charge in [0.1, 0.15) is 0 Å². The number of aromatic amines is 1. The maximum Gasteiger partial charge on any atom is 0.251 e. The number of anilines is 1. The summed E-state index contributed by atoms with van der Waals surface area (Å²) in [7, 11) is 0. The third kappa shape index (κ3) is 8.44. The third-order valence-electron chi connectivity index (χ3n) is 5.99. The molecule has 0 atom stereocenters. The maximum absolute atomic E-state index is 11.8. The van der Waals surface area contributed by atoms with E-state index in [1.54, 1.807) is 6.92 Å². The first kappa shape index (κ1) is 31.1. The van der Waals surface area contributed by atoms with Gasteiger partial charge < -0.3 is 9.88 Å². The van der Waals surface area contributed by atoms with Gasteiger partial charge in [0, 0.05) is 39.6 Å². The van der Waals surface area contributed by atoms with Crippen LogP contribution in [-0.2, 0) is 6.42 Å². The number of pyridine rings is 1. The first-order valence-electron chi connectivity index (χ1n) is 12.0. The van der Waals surface area contributed by atoms with E-state index in [4.69, 9.17) is 0 Å². The van der Waals surface area contributed by atoms with Crippen molar-refractivity contribution in [3.8, 4) is 0 Å². The number of hydrogen-bond donors (Lipinski definition) is 1. The molecule has 1 fully saturated rings. The summed E-state index contributed by atoms with van der Waals surface area (Å²) in [6.07, 6.45) is 6.01. The maximum atomic E-state index is 11.8. The van der Waals surface area contributed by atoms with E-state index >= 15 is 0 Å². The summed E-state index contributed by atoms with van der Waals surface area (Å²) >= 11 is 3.54. The number of Topliss-reactive ketones (excluding diaryl/α,β-unsaturated/α-hetero) is 1. The zero-order valence-electron chi connectivity index (χ0n) is 21.2. The average molecular weight is 522 g/mol. The Labute approximate surface area is 210 Å². The Kier molecular flexibility index (Phi) is 14.2. The van der Waals surface area contributed by atoms with Crippen LogP contribution in [0.5, 0.6) is 0 Å². The van der Waals surface area contributed by atoms with Crippen molar-refractivity contribution in [1.82, 2.24) is 4.98 Å². The van der Waals surface area contributed by atoms with Crippen LogP contribution in [0.2, 0.25) is 0 Å². The number of aryl methyl sites for hydroxylation is 2. The van der Waals surface area contributed by atoms with Crippen LogP contribution in [0.25, 0.3) is 0 Å². The number of ketones is 1. The largest absolute Gasteiger partial charge is 0.369 e. The summed E-state index contributed by atoms with van der Waals surface area (Å²) in [4.78, 5) is 28.2. The molecule has 186 valence electrons. The molecule has 33 heavy (non-hydrogen) atoms. The van der Waals surface area contributed by atoms with Gasteiger partial charge in [0.05, 0.1) is 0 Å². The second-order valence-corrected chi connectivity index (χ2v) is 9.09. The van der Waals surface area contributed by atoms with Crippen molar-refractivity contribution in [2.75, 3.05) is 11.4 Å². The number of carbonyl (C=O) groups is 1. The number of hydrogen-bond acceptors (Lipinski definition) is 3. The monoisotopic (exact) mass is 520 g/mol. The SMILES string of the molecule is C.CC.CCN(c1cc(Br)cc(C(C)=O)c1C)C1CCCC1.CCc1c(C)cc(C)[nH]c1=O. The first-order chi connectivity index (χ1) is 15.2. The molecule has 0 amide bonds. The Balaban J connectivity index is 0.000000627. The Morgan fingerprint density at radius 2 is 1.67 bits per heavy atom. The molecule has 0 saturated heterocycles. The minimum absolute atomic E-state index is 0. The summed E-state index contributed by atoms with van der Waals surface area (Å²) < 4.78 is 0.995. The van der Waals surface area contributed by atoms with Crippen LogP contribution in [0.4, 0.5) is 5.69 Å². The van der Waals surface area contributed by atoms with Crippen molar-refractivity contribution < 1.29 is 4.79 Å². The minimum Gasteiger partial charge on any atom is -0.369 e. The van der Waals surface area contributed by atoms with Gasteiger partial charge in [0.2, 0.25) is 0 Å². The molecule has 5 heteroatoms. The van der Waals surface area contributed by atoms with E-state index in [9.17, 15) is 9.59 Å². The van der Waals surface area contributed by atoms with E-state index < -0.39 is 0 Å². The molecule has 1 N–H and O–H groups in total. The summed E-state index contributed by atoms with van der Waals surface area (Å²) in [5, 5.41) is 0. The molecule has 0 radical (unpaired) electrons. The number of rotatable bonds is 5. The fourth-order valence-electron chi connectivity index (χ4n) is 4.49. The number of aromatic nitrogens is 1. The van der Waals surface area contributed by atoms with Crippen LogP contribution in [0.15, 0.2) is 27.5 Å². The van der Waals surface area contributed by atoms with Gasteiger partial charge in [-0.05, 0) is 83.2 Å². The number of carbonyl (C=O) groups excluding carboxylic acids is 1. The zero-order valence-corrected chi connectivity index (χ0v) is 22.8. The Morgan fingerprint density at radius 3 is 2.12 bits per heavy atom. The first-order valence-corrected chi connectivity index (χ1v) is 12.8. The van der Waals surface area contributed by atoms with Crippen molar-refractivity contribution in [2.24, 2.45) is 0 Å². The van der Waals surface area contributed by atoms with Crippen LogP contribution in [0.1, 0.15) is 100 Å². The normalized spacial score (nSPS) is 12.6. The lowest BCUT2D eigenvalue weighted by Gasteiger charge is -2.32. The smallest absolute Gasteiger partial charge is 0.251 e. The molecule has 3 rings (SSSR count). The van der Waals surface area contributed by atoms with Crippen LogP contribution < -0.4 is 10.5 Å². The molecule has 0 unspecified atom stereocenters.